The number of halogens is 1. The average molecular weight is 387 g/mol. The number of rotatable bonds is 7. The predicted octanol–water partition coefficient (Wildman–Crippen LogP) is 3.42. The van der Waals surface area contributed by atoms with Crippen LogP contribution in [0.2, 0.25) is 0 Å². The van der Waals surface area contributed by atoms with E-state index in [-0.39, 0.29) is 0 Å². The number of H-pyrrole nitrogens is 1. The predicted molar refractivity (Wildman–Crippen MR) is 91.7 cm³/mol. The standard InChI is InChI=1S/C14H19BrN4O2S/c1-4-13-17-18-14(22)19(13)16-8-9-6-12(21-5-2)11(20-3)7-10(9)15/h6-7,16H,4-5,8H2,1-3H3,(H,18,22). The lowest BCUT2D eigenvalue weighted by atomic mass is 10.2. The molecule has 0 saturated heterocycles. The molecular weight excluding hydrogens is 368 g/mol. The summed E-state index contributed by atoms with van der Waals surface area (Å²) in [4.78, 5) is 0. The Kier molecular flexibility index (Phi) is 5.84. The molecule has 0 spiro atoms. The van der Waals surface area contributed by atoms with E-state index in [9.17, 15) is 0 Å². The van der Waals surface area contributed by atoms with Gasteiger partial charge in [-0.3, -0.25) is 5.10 Å². The van der Waals surface area contributed by atoms with Gasteiger partial charge < -0.3 is 14.9 Å². The second-order valence-electron chi connectivity index (χ2n) is 4.50. The van der Waals surface area contributed by atoms with Gasteiger partial charge in [0.1, 0.15) is 0 Å². The number of aromatic nitrogens is 3. The van der Waals surface area contributed by atoms with Crippen molar-refractivity contribution in [2.24, 2.45) is 0 Å². The van der Waals surface area contributed by atoms with Crippen LogP contribution >= 0.6 is 28.1 Å². The van der Waals surface area contributed by atoms with Crippen molar-refractivity contribution in [3.8, 4) is 11.5 Å². The minimum absolute atomic E-state index is 0.548. The molecule has 1 aromatic heterocycles. The average Bonchev–Trinajstić information content (AvgIpc) is 2.87. The maximum atomic E-state index is 5.61. The van der Waals surface area contributed by atoms with E-state index in [0.717, 1.165) is 28.0 Å². The summed E-state index contributed by atoms with van der Waals surface area (Å²) in [5.74, 6) is 2.28. The van der Waals surface area contributed by atoms with E-state index in [1.165, 1.54) is 0 Å². The van der Waals surface area contributed by atoms with Gasteiger partial charge in [-0.1, -0.05) is 22.9 Å². The Bertz CT molecular complexity index is 699. The monoisotopic (exact) mass is 386 g/mol. The van der Waals surface area contributed by atoms with E-state index >= 15 is 0 Å². The lowest BCUT2D eigenvalue weighted by molar-refractivity contribution is 0.310. The zero-order valence-electron chi connectivity index (χ0n) is 12.8. The van der Waals surface area contributed by atoms with Crippen LogP contribution in [0.1, 0.15) is 25.2 Å². The first-order chi connectivity index (χ1) is 10.6. The molecule has 0 amide bonds. The molecule has 120 valence electrons. The molecule has 6 nitrogen and oxygen atoms in total. The van der Waals surface area contributed by atoms with Crippen LogP contribution in [-0.2, 0) is 13.0 Å². The van der Waals surface area contributed by atoms with E-state index in [4.69, 9.17) is 21.7 Å². The number of hydrogen-bond donors (Lipinski definition) is 2. The Hall–Kier alpha value is -1.54. The SMILES string of the molecule is CCOc1cc(CNn2c(CC)n[nH]c2=S)c(Br)cc1OC. The third kappa shape index (κ3) is 3.61. The molecule has 2 rings (SSSR count). The van der Waals surface area contributed by atoms with Crippen LogP contribution in [0.15, 0.2) is 16.6 Å². The van der Waals surface area contributed by atoms with E-state index in [1.807, 2.05) is 26.0 Å². The summed E-state index contributed by atoms with van der Waals surface area (Å²) >= 11 is 8.78. The fourth-order valence-electron chi connectivity index (χ4n) is 2.03. The Morgan fingerprint density at radius 1 is 1.36 bits per heavy atom. The highest BCUT2D eigenvalue weighted by Crippen LogP contribution is 2.33. The molecule has 1 heterocycles. The van der Waals surface area contributed by atoms with Gasteiger partial charge in [-0.05, 0) is 36.8 Å². The number of aryl methyl sites for hydroxylation is 1. The van der Waals surface area contributed by atoms with Crippen LogP contribution in [0.5, 0.6) is 11.5 Å². The van der Waals surface area contributed by atoms with Gasteiger partial charge in [0.05, 0.1) is 20.3 Å². The zero-order valence-corrected chi connectivity index (χ0v) is 15.2. The van der Waals surface area contributed by atoms with Gasteiger partial charge in [0.25, 0.3) is 0 Å². The first kappa shape index (κ1) is 16.8. The normalized spacial score (nSPS) is 10.5. The van der Waals surface area contributed by atoms with Crippen LogP contribution in [0.25, 0.3) is 0 Å². The highest BCUT2D eigenvalue weighted by atomic mass is 79.9. The van der Waals surface area contributed by atoms with Crippen molar-refractivity contribution in [1.82, 2.24) is 14.9 Å². The second-order valence-corrected chi connectivity index (χ2v) is 5.74. The van der Waals surface area contributed by atoms with Gasteiger partial charge in [-0.15, -0.1) is 0 Å². The zero-order chi connectivity index (χ0) is 16.1. The van der Waals surface area contributed by atoms with Crippen molar-refractivity contribution in [3.63, 3.8) is 0 Å². The summed E-state index contributed by atoms with van der Waals surface area (Å²) < 4.78 is 14.2. The largest absolute Gasteiger partial charge is 0.493 e. The van der Waals surface area contributed by atoms with Gasteiger partial charge in [-0.25, -0.2) is 4.68 Å². The summed E-state index contributed by atoms with van der Waals surface area (Å²) in [5, 5.41) is 6.96. The van der Waals surface area contributed by atoms with Gasteiger partial charge in [0.2, 0.25) is 4.77 Å². The van der Waals surface area contributed by atoms with E-state index < -0.39 is 0 Å². The number of ether oxygens (including phenoxy) is 2. The highest BCUT2D eigenvalue weighted by Gasteiger charge is 2.11. The molecule has 0 atom stereocenters. The summed E-state index contributed by atoms with van der Waals surface area (Å²) in [5.41, 5.74) is 4.31. The van der Waals surface area contributed by atoms with Crippen LogP contribution in [-0.4, -0.2) is 28.6 Å². The molecule has 0 aliphatic carbocycles. The van der Waals surface area contributed by atoms with Crippen molar-refractivity contribution < 1.29 is 9.47 Å². The molecule has 8 heteroatoms. The van der Waals surface area contributed by atoms with E-state index in [1.54, 1.807) is 11.8 Å². The molecule has 0 aliphatic rings. The number of nitrogens with one attached hydrogen (secondary N) is 2. The summed E-state index contributed by atoms with van der Waals surface area (Å²) in [6, 6.07) is 3.85. The van der Waals surface area contributed by atoms with E-state index in [0.29, 0.717) is 23.7 Å². The van der Waals surface area contributed by atoms with Crippen LogP contribution in [0.3, 0.4) is 0 Å². The Morgan fingerprint density at radius 3 is 2.77 bits per heavy atom. The van der Waals surface area contributed by atoms with Crippen molar-refractivity contribution in [3.05, 3.63) is 32.8 Å². The summed E-state index contributed by atoms with van der Waals surface area (Å²) in [6.45, 7) is 5.13. The van der Waals surface area contributed by atoms with Crippen molar-refractivity contribution in [2.75, 3.05) is 19.1 Å². The van der Waals surface area contributed by atoms with Gasteiger partial charge in [0, 0.05) is 10.9 Å². The molecule has 2 aromatic rings. The second kappa shape index (κ2) is 7.64. The minimum atomic E-state index is 0.548. The third-order valence-corrected chi connectivity index (χ3v) is 4.13. The molecule has 0 radical (unpaired) electrons. The minimum Gasteiger partial charge on any atom is -0.493 e. The molecule has 2 N–H and O–H groups in total. The fourth-order valence-corrected chi connectivity index (χ4v) is 2.71. The lowest BCUT2D eigenvalue weighted by Gasteiger charge is -2.15. The molecule has 0 unspecified atom stereocenters. The van der Waals surface area contributed by atoms with Crippen molar-refractivity contribution in [1.29, 1.82) is 0 Å². The Balaban J connectivity index is 2.24. The number of aromatic amines is 1. The van der Waals surface area contributed by atoms with Gasteiger partial charge >= 0.3 is 0 Å². The fraction of sp³-hybridized carbons (Fsp3) is 0.429. The molecule has 0 bridgehead atoms. The summed E-state index contributed by atoms with van der Waals surface area (Å²) in [6.07, 6.45) is 0.786. The molecule has 1 aromatic carbocycles. The smallest absolute Gasteiger partial charge is 0.214 e. The maximum Gasteiger partial charge on any atom is 0.214 e. The Morgan fingerprint density at radius 2 is 2.14 bits per heavy atom. The van der Waals surface area contributed by atoms with Crippen LogP contribution in [0, 0.1) is 4.77 Å². The quantitative estimate of drug-likeness (QED) is 0.713. The molecular formula is C14H19BrN4O2S. The van der Waals surface area contributed by atoms with Crippen LogP contribution < -0.4 is 14.9 Å². The van der Waals surface area contributed by atoms with Crippen molar-refractivity contribution in [2.45, 2.75) is 26.8 Å². The molecule has 0 saturated carbocycles. The van der Waals surface area contributed by atoms with Crippen LogP contribution in [0.4, 0.5) is 0 Å². The van der Waals surface area contributed by atoms with Crippen molar-refractivity contribution >= 4 is 28.1 Å². The molecule has 22 heavy (non-hydrogen) atoms. The lowest BCUT2D eigenvalue weighted by Crippen LogP contribution is -2.17. The number of nitrogens with zero attached hydrogens (tertiary/aromatic N) is 2. The summed E-state index contributed by atoms with van der Waals surface area (Å²) in [7, 11) is 1.63. The molecule has 0 aliphatic heterocycles. The Labute approximate surface area is 142 Å². The molecule has 0 fully saturated rings. The number of methoxy groups -OCH3 is 1. The maximum absolute atomic E-state index is 5.61. The van der Waals surface area contributed by atoms with E-state index in [2.05, 4.69) is 31.6 Å². The third-order valence-electron chi connectivity index (χ3n) is 3.12. The highest BCUT2D eigenvalue weighted by molar-refractivity contribution is 9.10. The first-order valence-electron chi connectivity index (χ1n) is 7.00. The van der Waals surface area contributed by atoms with Gasteiger partial charge in [0.15, 0.2) is 17.3 Å². The topological polar surface area (TPSA) is 64.1 Å². The first-order valence-corrected chi connectivity index (χ1v) is 8.20. The number of benzene rings is 1. The van der Waals surface area contributed by atoms with Gasteiger partial charge in [-0.2, -0.15) is 5.10 Å². The number of hydrogen-bond acceptors (Lipinski definition) is 5.